The van der Waals surface area contributed by atoms with Gasteiger partial charge < -0.3 is 14.2 Å². The quantitative estimate of drug-likeness (QED) is 0.0262. The number of hydrogen-bond donors (Lipinski definition) is 0. The van der Waals surface area contributed by atoms with Crippen LogP contribution >= 0.6 is 0 Å². The summed E-state index contributed by atoms with van der Waals surface area (Å²) in [5.74, 6) is -1.03. The van der Waals surface area contributed by atoms with E-state index in [4.69, 9.17) is 14.2 Å². The number of esters is 3. The van der Waals surface area contributed by atoms with Crippen molar-refractivity contribution in [3.05, 3.63) is 134 Å². The summed E-state index contributed by atoms with van der Waals surface area (Å²) in [5.41, 5.74) is 0. The molecule has 0 saturated carbocycles. The summed E-state index contributed by atoms with van der Waals surface area (Å²) in [7, 11) is 0. The van der Waals surface area contributed by atoms with E-state index in [1.54, 1.807) is 0 Å². The molecule has 0 aliphatic carbocycles. The van der Waals surface area contributed by atoms with E-state index in [9.17, 15) is 14.4 Å². The van der Waals surface area contributed by atoms with Crippen LogP contribution in [0, 0.1) is 0 Å². The molecule has 0 amide bonds. The van der Waals surface area contributed by atoms with E-state index >= 15 is 0 Å². The van der Waals surface area contributed by atoms with Crippen molar-refractivity contribution in [2.24, 2.45) is 0 Å². The van der Waals surface area contributed by atoms with Gasteiger partial charge in [-0.1, -0.05) is 206 Å². The van der Waals surface area contributed by atoms with Crippen molar-refractivity contribution in [3.63, 3.8) is 0 Å². The fourth-order valence-corrected chi connectivity index (χ4v) is 6.96. The lowest BCUT2D eigenvalue weighted by Gasteiger charge is -2.18. The molecule has 6 nitrogen and oxygen atoms in total. The molecular formula is C63H100O6. The van der Waals surface area contributed by atoms with Gasteiger partial charge in [0.25, 0.3) is 0 Å². The largest absolute Gasteiger partial charge is 0.462 e. The van der Waals surface area contributed by atoms with Gasteiger partial charge in [-0.3, -0.25) is 14.4 Å². The lowest BCUT2D eigenvalue weighted by Crippen LogP contribution is -2.30. The summed E-state index contributed by atoms with van der Waals surface area (Å²) in [6, 6.07) is 0. The average Bonchev–Trinajstić information content (AvgIpc) is 3.35. The predicted molar refractivity (Wildman–Crippen MR) is 297 cm³/mol. The van der Waals surface area contributed by atoms with E-state index in [-0.39, 0.29) is 44.0 Å². The Hall–Kier alpha value is -4.45. The second-order valence-corrected chi connectivity index (χ2v) is 17.7. The first-order chi connectivity index (χ1) is 34.0. The number of carbonyl (C=O) groups excluding carboxylic acids is 3. The Balaban J connectivity index is 4.59. The maximum Gasteiger partial charge on any atom is 0.306 e. The smallest absolute Gasteiger partial charge is 0.306 e. The van der Waals surface area contributed by atoms with Crippen LogP contribution in [0.3, 0.4) is 0 Å². The third-order valence-electron chi connectivity index (χ3n) is 11.1. The van der Waals surface area contributed by atoms with Gasteiger partial charge in [-0.05, 0) is 135 Å². The van der Waals surface area contributed by atoms with E-state index in [0.717, 1.165) is 128 Å². The van der Waals surface area contributed by atoms with Crippen LogP contribution < -0.4 is 0 Å². The molecule has 0 N–H and O–H groups in total. The third-order valence-corrected chi connectivity index (χ3v) is 11.1. The number of rotatable bonds is 48. The van der Waals surface area contributed by atoms with Crippen LogP contribution in [0.15, 0.2) is 134 Å². The Kier molecular flexibility index (Phi) is 52.5. The third kappa shape index (κ3) is 54.4. The molecule has 0 aromatic rings. The summed E-state index contributed by atoms with van der Waals surface area (Å²) < 4.78 is 16.8. The van der Waals surface area contributed by atoms with E-state index in [0.29, 0.717) is 12.8 Å². The van der Waals surface area contributed by atoms with Crippen LogP contribution in [0.25, 0.3) is 0 Å². The van der Waals surface area contributed by atoms with Gasteiger partial charge in [-0.15, -0.1) is 0 Å². The first kappa shape index (κ1) is 64.5. The predicted octanol–water partition coefficient (Wildman–Crippen LogP) is 18.6. The zero-order valence-electron chi connectivity index (χ0n) is 44.3. The maximum absolute atomic E-state index is 12.8. The van der Waals surface area contributed by atoms with Crippen LogP contribution in [0.5, 0.6) is 0 Å². The minimum atomic E-state index is -0.828. The minimum absolute atomic E-state index is 0.122. The van der Waals surface area contributed by atoms with Gasteiger partial charge in [0.2, 0.25) is 0 Å². The van der Waals surface area contributed by atoms with Gasteiger partial charge in [0.15, 0.2) is 6.10 Å². The molecule has 0 saturated heterocycles. The molecule has 0 radical (unpaired) electrons. The van der Waals surface area contributed by atoms with Crippen molar-refractivity contribution < 1.29 is 28.6 Å². The molecular weight excluding hydrogens is 853 g/mol. The van der Waals surface area contributed by atoms with Crippen LogP contribution in [0.2, 0.25) is 0 Å². The Bertz CT molecular complexity index is 1510. The van der Waals surface area contributed by atoms with Crippen molar-refractivity contribution in [3.8, 4) is 0 Å². The lowest BCUT2D eigenvalue weighted by molar-refractivity contribution is -0.167. The number of ether oxygens (including phenoxy) is 3. The highest BCUT2D eigenvalue weighted by Gasteiger charge is 2.19. The van der Waals surface area contributed by atoms with Crippen molar-refractivity contribution in [2.45, 2.75) is 232 Å². The highest BCUT2D eigenvalue weighted by Crippen LogP contribution is 2.12. The van der Waals surface area contributed by atoms with Gasteiger partial charge in [0.05, 0.1) is 0 Å². The fourth-order valence-electron chi connectivity index (χ4n) is 6.96. The topological polar surface area (TPSA) is 78.9 Å². The molecule has 0 spiro atoms. The standard InChI is InChI=1S/C63H100O6/c1-4-7-10-13-16-19-22-25-28-31-34-37-40-43-46-49-52-55-61(64)67-58-60(69-63(66)57-54-51-48-45-42-39-36-33-30-27-24-21-18-15-12-9-6-3)59-68-62(65)56-53-50-47-44-41-38-35-32-29-26-23-20-17-14-11-8-5-2/h9,12,16-21,25-30,34-39,43,46,60H,4-8,10-11,13-15,22-24,31-33,40-42,44-45,47-59H2,1-3H3/b12-9-,19-16-,20-17-,21-18-,28-25-,29-26-,30-27-,37-34-,38-35-,39-36-,46-43-/t60-/m1/s1. The fraction of sp³-hybridized carbons (Fsp3) is 0.603. The van der Waals surface area contributed by atoms with Crippen molar-refractivity contribution in [2.75, 3.05) is 13.2 Å². The number of allylic oxidation sites excluding steroid dienone is 22. The summed E-state index contributed by atoms with van der Waals surface area (Å²) in [6.07, 6.45) is 78.6. The lowest BCUT2D eigenvalue weighted by atomic mass is 10.1. The van der Waals surface area contributed by atoms with E-state index in [1.165, 1.54) is 51.4 Å². The Morgan fingerprint density at radius 1 is 0.304 bits per heavy atom. The first-order valence-electron chi connectivity index (χ1n) is 27.7. The van der Waals surface area contributed by atoms with E-state index in [1.807, 2.05) is 0 Å². The molecule has 6 heteroatoms. The molecule has 0 bridgehead atoms. The van der Waals surface area contributed by atoms with Crippen LogP contribution in [0.1, 0.15) is 226 Å². The number of carbonyl (C=O) groups is 3. The van der Waals surface area contributed by atoms with Crippen molar-refractivity contribution in [1.82, 2.24) is 0 Å². The zero-order chi connectivity index (χ0) is 50.0. The first-order valence-corrected chi connectivity index (χ1v) is 27.7. The second-order valence-electron chi connectivity index (χ2n) is 17.7. The van der Waals surface area contributed by atoms with Gasteiger partial charge >= 0.3 is 17.9 Å². The minimum Gasteiger partial charge on any atom is -0.462 e. The SMILES string of the molecule is CC/C=C\C/C=C\C/C=C\C/C=C\CCCCCCC(=O)O[C@H](COC(=O)CCC/C=C\C/C=C\C/C=C\C/C=C\CCCCC)COC(=O)CCCCCC/C=C\C/C=C\C/C=C\CCCCC. The molecule has 388 valence electrons. The molecule has 0 rings (SSSR count). The molecule has 0 aromatic heterocycles. The molecule has 0 heterocycles. The normalized spacial score (nSPS) is 13.1. The highest BCUT2D eigenvalue weighted by molar-refractivity contribution is 5.71. The Morgan fingerprint density at radius 3 is 0.928 bits per heavy atom. The molecule has 0 aliphatic heterocycles. The van der Waals surface area contributed by atoms with Gasteiger partial charge in [-0.25, -0.2) is 0 Å². The number of hydrogen-bond acceptors (Lipinski definition) is 6. The van der Waals surface area contributed by atoms with Gasteiger partial charge in [0, 0.05) is 19.3 Å². The Morgan fingerprint density at radius 2 is 0.580 bits per heavy atom. The zero-order valence-corrected chi connectivity index (χ0v) is 44.3. The molecule has 0 unspecified atom stereocenters. The van der Waals surface area contributed by atoms with Crippen molar-refractivity contribution in [1.29, 1.82) is 0 Å². The monoisotopic (exact) mass is 953 g/mol. The second kappa shape index (κ2) is 56.1. The molecule has 0 aliphatic rings. The summed E-state index contributed by atoms with van der Waals surface area (Å²) >= 11 is 0. The number of unbranched alkanes of at least 4 members (excludes halogenated alkanes) is 15. The van der Waals surface area contributed by atoms with E-state index in [2.05, 4.69) is 154 Å². The highest BCUT2D eigenvalue weighted by atomic mass is 16.6. The Labute approximate surface area is 424 Å². The molecule has 0 aromatic carbocycles. The van der Waals surface area contributed by atoms with Gasteiger partial charge in [-0.2, -0.15) is 0 Å². The van der Waals surface area contributed by atoms with E-state index < -0.39 is 6.10 Å². The molecule has 0 fully saturated rings. The average molecular weight is 953 g/mol. The molecule has 1 atom stereocenters. The van der Waals surface area contributed by atoms with Crippen LogP contribution in [-0.4, -0.2) is 37.2 Å². The van der Waals surface area contributed by atoms with Crippen LogP contribution in [-0.2, 0) is 28.6 Å². The van der Waals surface area contributed by atoms with Crippen LogP contribution in [0.4, 0.5) is 0 Å². The summed E-state index contributed by atoms with van der Waals surface area (Å²) in [4.78, 5) is 38.1. The molecule has 69 heavy (non-hydrogen) atoms. The van der Waals surface area contributed by atoms with Crippen molar-refractivity contribution >= 4 is 17.9 Å². The maximum atomic E-state index is 12.8. The van der Waals surface area contributed by atoms with Gasteiger partial charge in [0.1, 0.15) is 13.2 Å². The summed E-state index contributed by atoms with van der Waals surface area (Å²) in [5, 5.41) is 0. The summed E-state index contributed by atoms with van der Waals surface area (Å²) in [6.45, 7) is 6.37.